The van der Waals surface area contributed by atoms with Gasteiger partial charge in [0.15, 0.2) is 0 Å². The molecule has 0 N–H and O–H groups in total. The third-order valence-electron chi connectivity index (χ3n) is 17.7. The third kappa shape index (κ3) is 11.1. The van der Waals surface area contributed by atoms with Gasteiger partial charge in [-0.05, 0) is 189 Å². The van der Waals surface area contributed by atoms with Crippen molar-refractivity contribution in [3.63, 3.8) is 0 Å². The fraction of sp³-hybridized carbons (Fsp3) is 0.231. The van der Waals surface area contributed by atoms with Gasteiger partial charge >= 0.3 is 0 Å². The first-order valence-corrected chi connectivity index (χ1v) is 29.9. The first kappa shape index (κ1) is 54.9. The summed E-state index contributed by atoms with van der Waals surface area (Å²) in [5, 5.41) is 0. The van der Waals surface area contributed by atoms with Gasteiger partial charge in [0.2, 0.25) is 0 Å². The molecular formula is C78H76N2O3. The van der Waals surface area contributed by atoms with Crippen LogP contribution in [0.4, 0.5) is 34.1 Å². The molecule has 0 bridgehead atoms. The van der Waals surface area contributed by atoms with Gasteiger partial charge in [-0.25, -0.2) is 0 Å². The van der Waals surface area contributed by atoms with Crippen LogP contribution < -0.4 is 19.3 Å². The molecule has 0 aromatic heterocycles. The zero-order chi connectivity index (χ0) is 57.0. The third-order valence-corrected chi connectivity index (χ3v) is 17.7. The summed E-state index contributed by atoms with van der Waals surface area (Å²) < 4.78 is 18.4. The first-order valence-electron chi connectivity index (χ1n) is 29.9. The molecule has 2 unspecified atom stereocenters. The second kappa shape index (κ2) is 23.7. The molecule has 5 heteroatoms. The van der Waals surface area contributed by atoms with Gasteiger partial charge in [0.05, 0.1) is 30.7 Å². The summed E-state index contributed by atoms with van der Waals surface area (Å²) in [6.45, 7) is 16.5. The summed E-state index contributed by atoms with van der Waals surface area (Å²) in [5.74, 6) is 2.64. The van der Waals surface area contributed by atoms with Crippen molar-refractivity contribution in [1.82, 2.24) is 0 Å². The largest absolute Gasteiger partial charge is 0.493 e. The maximum Gasteiger partial charge on any atom is 0.119 e. The first-order chi connectivity index (χ1) is 40.5. The maximum absolute atomic E-state index is 6.68. The Kier molecular flexibility index (Phi) is 15.7. The molecule has 1 aliphatic carbocycles. The molecule has 10 aromatic rings. The van der Waals surface area contributed by atoms with Crippen molar-refractivity contribution in [1.29, 1.82) is 0 Å². The Bertz CT molecular complexity index is 3530. The summed E-state index contributed by atoms with van der Waals surface area (Å²) >= 11 is 0. The topological polar surface area (TPSA) is 34.2 Å². The van der Waals surface area contributed by atoms with E-state index in [2.05, 4.69) is 306 Å². The Balaban J connectivity index is 0.879. The average molecular weight is 1090 g/mol. The molecule has 1 fully saturated rings. The van der Waals surface area contributed by atoms with Crippen molar-refractivity contribution < 1.29 is 14.2 Å². The van der Waals surface area contributed by atoms with E-state index >= 15 is 0 Å². The van der Waals surface area contributed by atoms with Crippen LogP contribution >= 0.6 is 0 Å². The quantitative estimate of drug-likeness (QED) is 0.0760. The number of fused-ring (bicyclic) bond motifs is 3. The number of nitrogens with zero attached hydrogens (tertiary/aromatic N) is 2. The van der Waals surface area contributed by atoms with Crippen LogP contribution in [-0.4, -0.2) is 19.8 Å². The average Bonchev–Trinajstić information content (AvgIpc) is 2.23. The molecule has 0 amide bonds. The lowest BCUT2D eigenvalue weighted by molar-refractivity contribution is -0.133. The summed E-state index contributed by atoms with van der Waals surface area (Å²) in [7, 11) is 0. The molecule has 2 aliphatic rings. The molecule has 83 heavy (non-hydrogen) atoms. The SMILES string of the molecule is CCC(CC(C)c1ccc(OCC2(CC)COC2)cc1)c1ccc(COc2ccc(C3(c4ccc(C(C)(C)C)cc4)c4ccc(N(c5ccccc5)c5ccccc5)cc4-c4cc(N(c5ccccc5)c5ccccc5)ccc43)cc2)cc1. The van der Waals surface area contributed by atoms with Crippen LogP contribution in [0.25, 0.3) is 11.1 Å². The highest BCUT2D eigenvalue weighted by Gasteiger charge is 2.47. The summed E-state index contributed by atoms with van der Waals surface area (Å²) in [6.07, 6.45) is 3.23. The van der Waals surface area contributed by atoms with Crippen LogP contribution in [0.1, 0.15) is 117 Å². The highest BCUT2D eigenvalue weighted by atomic mass is 16.5. The van der Waals surface area contributed by atoms with E-state index in [1.165, 1.54) is 50.1 Å². The molecule has 1 aliphatic heterocycles. The molecule has 0 saturated carbocycles. The van der Waals surface area contributed by atoms with E-state index in [-0.39, 0.29) is 10.8 Å². The molecule has 416 valence electrons. The fourth-order valence-corrected chi connectivity index (χ4v) is 12.7. The molecular weight excluding hydrogens is 1010 g/mol. The van der Waals surface area contributed by atoms with Crippen molar-refractivity contribution in [2.45, 2.75) is 90.1 Å². The van der Waals surface area contributed by atoms with Gasteiger partial charge in [0, 0.05) is 34.1 Å². The minimum atomic E-state index is -0.671. The van der Waals surface area contributed by atoms with E-state index in [0.29, 0.717) is 25.0 Å². The van der Waals surface area contributed by atoms with Gasteiger partial charge in [0.1, 0.15) is 18.1 Å². The van der Waals surface area contributed by atoms with Crippen LogP contribution in [0.5, 0.6) is 11.5 Å². The zero-order valence-corrected chi connectivity index (χ0v) is 49.0. The van der Waals surface area contributed by atoms with Gasteiger partial charge in [-0.15, -0.1) is 0 Å². The van der Waals surface area contributed by atoms with Crippen LogP contribution in [0.3, 0.4) is 0 Å². The lowest BCUT2D eigenvalue weighted by Crippen LogP contribution is -2.46. The zero-order valence-electron chi connectivity index (χ0n) is 49.0. The van der Waals surface area contributed by atoms with Crippen molar-refractivity contribution in [2.75, 3.05) is 29.6 Å². The lowest BCUT2D eigenvalue weighted by Gasteiger charge is -2.40. The van der Waals surface area contributed by atoms with E-state index in [0.717, 1.165) is 83.7 Å². The number of para-hydroxylation sites is 4. The standard InChI is InChI=1S/C78H76N2O3/c1-7-58(49-56(3)59-33-43-71(44-34-59)83-55-77(8-2)53-81-54-77)60-31-29-57(30-32-60)52-82-70-45-39-63(40-46-70)78(62-37-35-61(36-38-62)76(4,5)6)74-47-41-68(79(64-21-13-9-14-22-64)65-23-15-10-16-24-65)50-72(74)73-51-69(42-48-75(73)78)80(66-25-17-11-18-26-66)67-27-19-12-20-28-67/h9-48,50-51,56,58H,7-8,49,52-55H2,1-6H3. The number of hydrogen-bond acceptors (Lipinski definition) is 5. The lowest BCUT2D eigenvalue weighted by atomic mass is 9.67. The molecule has 2 atom stereocenters. The predicted octanol–water partition coefficient (Wildman–Crippen LogP) is 20.4. The van der Waals surface area contributed by atoms with Gasteiger partial charge in [-0.2, -0.15) is 0 Å². The van der Waals surface area contributed by atoms with Crippen molar-refractivity contribution in [3.8, 4) is 22.6 Å². The number of ether oxygens (including phenoxy) is 3. The van der Waals surface area contributed by atoms with E-state index in [1.54, 1.807) is 0 Å². The summed E-state index contributed by atoms with van der Waals surface area (Å²) in [4.78, 5) is 4.74. The van der Waals surface area contributed by atoms with E-state index < -0.39 is 5.41 Å². The van der Waals surface area contributed by atoms with E-state index in [1.807, 2.05) is 0 Å². The fourth-order valence-electron chi connectivity index (χ4n) is 12.7. The molecule has 12 rings (SSSR count). The van der Waals surface area contributed by atoms with Crippen LogP contribution in [0.2, 0.25) is 0 Å². The summed E-state index contributed by atoms with van der Waals surface area (Å²) in [5.41, 5.74) is 18.5. The normalized spacial score (nSPS) is 14.6. The Labute approximate surface area is 492 Å². The Morgan fingerprint density at radius 1 is 0.470 bits per heavy atom. The van der Waals surface area contributed by atoms with Gasteiger partial charge in [-0.1, -0.05) is 199 Å². The highest BCUT2D eigenvalue weighted by molar-refractivity contribution is 5.93. The Hall–Kier alpha value is -8.64. The number of benzene rings is 10. The molecule has 0 spiro atoms. The van der Waals surface area contributed by atoms with Crippen molar-refractivity contribution >= 4 is 34.1 Å². The van der Waals surface area contributed by atoms with Gasteiger partial charge < -0.3 is 24.0 Å². The number of anilines is 6. The van der Waals surface area contributed by atoms with Crippen LogP contribution in [0, 0.1) is 5.41 Å². The minimum Gasteiger partial charge on any atom is -0.493 e. The molecule has 1 saturated heterocycles. The monoisotopic (exact) mass is 1090 g/mol. The Morgan fingerprint density at radius 3 is 1.33 bits per heavy atom. The summed E-state index contributed by atoms with van der Waals surface area (Å²) in [6, 6.07) is 93.4. The van der Waals surface area contributed by atoms with Crippen LogP contribution in [0.15, 0.2) is 255 Å². The maximum atomic E-state index is 6.68. The molecule has 5 nitrogen and oxygen atoms in total. The molecule has 1 heterocycles. The van der Waals surface area contributed by atoms with E-state index in [9.17, 15) is 0 Å². The van der Waals surface area contributed by atoms with E-state index in [4.69, 9.17) is 14.2 Å². The molecule has 0 radical (unpaired) electrons. The smallest absolute Gasteiger partial charge is 0.119 e. The number of hydrogen-bond donors (Lipinski definition) is 0. The Morgan fingerprint density at radius 2 is 0.904 bits per heavy atom. The van der Waals surface area contributed by atoms with Crippen molar-refractivity contribution in [2.24, 2.45) is 5.41 Å². The van der Waals surface area contributed by atoms with Gasteiger partial charge in [-0.3, -0.25) is 0 Å². The number of rotatable bonds is 20. The minimum absolute atomic E-state index is 0.0129. The predicted molar refractivity (Wildman–Crippen MR) is 344 cm³/mol. The highest BCUT2D eigenvalue weighted by Crippen LogP contribution is 2.59. The van der Waals surface area contributed by atoms with Gasteiger partial charge in [0.25, 0.3) is 0 Å². The second-order valence-electron chi connectivity index (χ2n) is 24.1. The second-order valence-corrected chi connectivity index (χ2v) is 24.1. The molecule has 10 aromatic carbocycles. The van der Waals surface area contributed by atoms with Crippen LogP contribution in [-0.2, 0) is 22.2 Å². The van der Waals surface area contributed by atoms with Crippen molar-refractivity contribution in [3.05, 3.63) is 299 Å².